The van der Waals surface area contributed by atoms with Crippen LogP contribution in [0, 0.1) is 0 Å². The highest BCUT2D eigenvalue weighted by atomic mass is 16.1. The summed E-state index contributed by atoms with van der Waals surface area (Å²) in [6, 6.07) is 10.3. The third-order valence-electron chi connectivity index (χ3n) is 3.55. The van der Waals surface area contributed by atoms with Crippen molar-refractivity contribution in [2.75, 3.05) is 33.2 Å². The van der Waals surface area contributed by atoms with Crippen LogP contribution in [0.1, 0.15) is 5.56 Å². The number of likely N-dealkylation sites (N-methyl/N-ethyl adjacent to an activating group) is 1. The predicted molar refractivity (Wildman–Crippen MR) is 72.2 cm³/mol. The number of carbonyl (C=O) groups is 1. The zero-order valence-corrected chi connectivity index (χ0v) is 10.9. The van der Waals surface area contributed by atoms with Crippen molar-refractivity contribution in [3.05, 3.63) is 35.9 Å². The molecule has 0 aromatic heterocycles. The van der Waals surface area contributed by atoms with Crippen molar-refractivity contribution in [3.63, 3.8) is 0 Å². The molecule has 1 aliphatic rings. The van der Waals surface area contributed by atoms with Crippen LogP contribution in [0.4, 0.5) is 0 Å². The molecular weight excluding hydrogens is 226 g/mol. The fourth-order valence-electron chi connectivity index (χ4n) is 2.40. The number of hydrogen-bond donors (Lipinski definition) is 1. The number of Topliss-reactive ketones (excluding diaryl/α,β-unsaturated/α-hetero) is 1. The molecule has 0 saturated carbocycles. The number of rotatable bonds is 4. The molecule has 98 valence electrons. The molecule has 1 aromatic carbocycles. The molecule has 0 amide bonds. The zero-order valence-electron chi connectivity index (χ0n) is 10.9. The number of benzene rings is 1. The van der Waals surface area contributed by atoms with Gasteiger partial charge < -0.3 is 5.73 Å². The Kier molecular flexibility index (Phi) is 4.47. The van der Waals surface area contributed by atoms with Gasteiger partial charge in [-0.1, -0.05) is 30.3 Å². The van der Waals surface area contributed by atoms with Gasteiger partial charge in [-0.15, -0.1) is 0 Å². The molecule has 4 nitrogen and oxygen atoms in total. The van der Waals surface area contributed by atoms with Gasteiger partial charge in [-0.05, 0) is 12.6 Å². The fourth-order valence-corrected chi connectivity index (χ4v) is 2.40. The van der Waals surface area contributed by atoms with Crippen molar-refractivity contribution in [1.82, 2.24) is 9.80 Å². The molecule has 1 heterocycles. The lowest BCUT2D eigenvalue weighted by molar-refractivity contribution is -0.124. The Morgan fingerprint density at radius 3 is 2.72 bits per heavy atom. The van der Waals surface area contributed by atoms with Crippen LogP contribution in [-0.4, -0.2) is 54.9 Å². The number of piperazine rings is 1. The van der Waals surface area contributed by atoms with Gasteiger partial charge in [-0.3, -0.25) is 14.6 Å². The minimum atomic E-state index is -0.0486. The maximum atomic E-state index is 11.8. The Bertz CT molecular complexity index is 393. The van der Waals surface area contributed by atoms with Gasteiger partial charge in [0.05, 0.1) is 12.6 Å². The van der Waals surface area contributed by atoms with Crippen LogP contribution < -0.4 is 5.73 Å². The second-order valence-corrected chi connectivity index (χ2v) is 4.89. The summed E-state index contributed by atoms with van der Waals surface area (Å²) in [6.45, 7) is 3.74. The first-order valence-electron chi connectivity index (χ1n) is 6.40. The molecule has 4 heteroatoms. The molecule has 1 saturated heterocycles. The Morgan fingerprint density at radius 2 is 2.06 bits per heavy atom. The molecule has 0 aliphatic carbocycles. The second kappa shape index (κ2) is 6.09. The Balaban J connectivity index is 1.97. The predicted octanol–water partition coefficient (Wildman–Crippen LogP) is 0.330. The van der Waals surface area contributed by atoms with Gasteiger partial charge in [0.25, 0.3) is 0 Å². The molecule has 1 unspecified atom stereocenters. The number of nitrogens with zero attached hydrogens (tertiary/aromatic N) is 2. The number of ketones is 1. The average Bonchev–Trinajstić information content (AvgIpc) is 2.41. The summed E-state index contributed by atoms with van der Waals surface area (Å²) in [7, 11) is 2.00. The molecule has 0 radical (unpaired) electrons. The van der Waals surface area contributed by atoms with Gasteiger partial charge in [-0.25, -0.2) is 0 Å². The number of hydrogen-bond acceptors (Lipinski definition) is 4. The van der Waals surface area contributed by atoms with Crippen molar-refractivity contribution in [2.45, 2.75) is 12.6 Å². The first-order valence-corrected chi connectivity index (χ1v) is 6.40. The summed E-state index contributed by atoms with van der Waals surface area (Å²) in [4.78, 5) is 16.2. The third-order valence-corrected chi connectivity index (χ3v) is 3.55. The second-order valence-electron chi connectivity index (χ2n) is 4.89. The minimum Gasteiger partial charge on any atom is -0.324 e. The summed E-state index contributed by atoms with van der Waals surface area (Å²) in [6.07, 6.45) is 0. The van der Waals surface area contributed by atoms with E-state index in [4.69, 9.17) is 5.73 Å². The summed E-state index contributed by atoms with van der Waals surface area (Å²) in [5.74, 6) is 0.135. The van der Waals surface area contributed by atoms with Crippen molar-refractivity contribution in [1.29, 1.82) is 0 Å². The Labute approximate surface area is 108 Å². The van der Waals surface area contributed by atoms with E-state index in [-0.39, 0.29) is 18.4 Å². The lowest BCUT2D eigenvalue weighted by Gasteiger charge is -2.38. The third kappa shape index (κ3) is 3.16. The maximum absolute atomic E-state index is 11.8. The van der Waals surface area contributed by atoms with Gasteiger partial charge in [0.1, 0.15) is 0 Å². The lowest BCUT2D eigenvalue weighted by atomic mass is 10.1. The van der Waals surface area contributed by atoms with E-state index < -0.39 is 0 Å². The monoisotopic (exact) mass is 247 g/mol. The molecule has 1 fully saturated rings. The molecule has 2 rings (SSSR count). The Hall–Kier alpha value is -1.23. The summed E-state index contributed by atoms with van der Waals surface area (Å²) in [5.41, 5.74) is 6.76. The molecule has 1 aliphatic heterocycles. The highest BCUT2D eigenvalue weighted by Gasteiger charge is 2.28. The van der Waals surface area contributed by atoms with Gasteiger partial charge in [0.2, 0.25) is 0 Å². The van der Waals surface area contributed by atoms with Gasteiger partial charge in [-0.2, -0.15) is 0 Å². The van der Waals surface area contributed by atoms with Crippen LogP contribution in [0.15, 0.2) is 30.3 Å². The van der Waals surface area contributed by atoms with Gasteiger partial charge >= 0.3 is 0 Å². The fraction of sp³-hybridized carbons (Fsp3) is 0.500. The van der Waals surface area contributed by atoms with E-state index in [9.17, 15) is 4.79 Å². The van der Waals surface area contributed by atoms with E-state index in [2.05, 4.69) is 21.9 Å². The Morgan fingerprint density at radius 1 is 1.33 bits per heavy atom. The highest BCUT2D eigenvalue weighted by Crippen LogP contribution is 2.12. The lowest BCUT2D eigenvalue weighted by Crippen LogP contribution is -2.55. The van der Waals surface area contributed by atoms with Crippen LogP contribution in [0.25, 0.3) is 0 Å². The van der Waals surface area contributed by atoms with Crippen molar-refractivity contribution in [3.8, 4) is 0 Å². The van der Waals surface area contributed by atoms with Crippen LogP contribution >= 0.6 is 0 Å². The largest absolute Gasteiger partial charge is 0.324 e. The number of nitrogens with two attached hydrogens (primary N) is 1. The van der Waals surface area contributed by atoms with E-state index in [1.165, 1.54) is 5.56 Å². The normalized spacial score (nSPS) is 22.0. The van der Waals surface area contributed by atoms with Crippen molar-refractivity contribution >= 4 is 5.78 Å². The highest BCUT2D eigenvalue weighted by molar-refractivity contribution is 5.86. The maximum Gasteiger partial charge on any atom is 0.164 e. The van der Waals surface area contributed by atoms with E-state index >= 15 is 0 Å². The molecule has 0 spiro atoms. The number of carbonyl (C=O) groups excluding carboxylic acids is 1. The minimum absolute atomic E-state index is 0.0486. The SMILES string of the molecule is CN1CCN(Cc2ccccc2)CC1C(=O)CN. The first kappa shape index (κ1) is 13.2. The summed E-state index contributed by atoms with van der Waals surface area (Å²) < 4.78 is 0. The van der Waals surface area contributed by atoms with Gasteiger partial charge in [0, 0.05) is 26.2 Å². The van der Waals surface area contributed by atoms with Crippen LogP contribution in [0.3, 0.4) is 0 Å². The topological polar surface area (TPSA) is 49.6 Å². The quantitative estimate of drug-likeness (QED) is 0.833. The van der Waals surface area contributed by atoms with Crippen LogP contribution in [0.5, 0.6) is 0 Å². The molecule has 18 heavy (non-hydrogen) atoms. The molecule has 1 atom stereocenters. The van der Waals surface area contributed by atoms with Crippen LogP contribution in [-0.2, 0) is 11.3 Å². The summed E-state index contributed by atoms with van der Waals surface area (Å²) >= 11 is 0. The standard InChI is InChI=1S/C14H21N3O/c1-16-7-8-17(11-13(16)14(18)9-15)10-12-5-3-2-4-6-12/h2-6,13H,7-11,15H2,1H3. The smallest absolute Gasteiger partial charge is 0.164 e. The van der Waals surface area contributed by atoms with Gasteiger partial charge in [0.15, 0.2) is 5.78 Å². The van der Waals surface area contributed by atoms with Crippen molar-refractivity contribution in [2.24, 2.45) is 5.73 Å². The zero-order chi connectivity index (χ0) is 13.0. The average molecular weight is 247 g/mol. The van der Waals surface area contributed by atoms with Crippen molar-refractivity contribution < 1.29 is 4.79 Å². The van der Waals surface area contributed by atoms with Crippen LogP contribution in [0.2, 0.25) is 0 Å². The summed E-state index contributed by atoms with van der Waals surface area (Å²) in [5, 5.41) is 0. The molecule has 2 N–H and O–H groups in total. The van der Waals surface area contributed by atoms with E-state index in [0.29, 0.717) is 0 Å². The molecule has 1 aromatic rings. The van der Waals surface area contributed by atoms with E-state index in [1.54, 1.807) is 0 Å². The molecule has 0 bridgehead atoms. The molecular formula is C14H21N3O. The van der Waals surface area contributed by atoms with E-state index in [0.717, 1.165) is 26.2 Å². The first-order chi connectivity index (χ1) is 8.70. The van der Waals surface area contributed by atoms with E-state index in [1.807, 2.05) is 25.2 Å².